The summed E-state index contributed by atoms with van der Waals surface area (Å²) < 4.78 is 2.71. The van der Waals surface area contributed by atoms with Crippen LogP contribution in [0.3, 0.4) is 0 Å². The minimum atomic E-state index is -1.07. The third-order valence-corrected chi connectivity index (χ3v) is 6.77. The van der Waals surface area contributed by atoms with Gasteiger partial charge in [-0.05, 0) is 61.0 Å². The fourth-order valence-corrected chi connectivity index (χ4v) is 5.01. The Morgan fingerprint density at radius 3 is 2.69 bits per heavy atom. The van der Waals surface area contributed by atoms with Crippen LogP contribution in [0.4, 0.5) is 10.8 Å². The van der Waals surface area contributed by atoms with Crippen LogP contribution in [-0.4, -0.2) is 42.6 Å². The zero-order valence-corrected chi connectivity index (χ0v) is 20.7. The van der Waals surface area contributed by atoms with Crippen molar-refractivity contribution in [2.45, 2.75) is 25.8 Å². The van der Waals surface area contributed by atoms with Gasteiger partial charge in [-0.15, -0.1) is 10.2 Å². The number of carboxylic acid groups (broad SMARTS) is 1. The highest BCUT2D eigenvalue weighted by molar-refractivity contribution is 7.22. The number of fused-ring (bicyclic) bond motifs is 2. The highest BCUT2D eigenvalue weighted by Crippen LogP contribution is 2.31. The molecule has 0 spiro atoms. The summed E-state index contributed by atoms with van der Waals surface area (Å²) in [6.07, 6.45) is 2.74. The van der Waals surface area contributed by atoms with Gasteiger partial charge in [0.1, 0.15) is 6.04 Å². The molecule has 11 heteroatoms. The molecule has 2 aromatic carbocycles. The Morgan fingerprint density at radius 1 is 1.14 bits per heavy atom. The van der Waals surface area contributed by atoms with Crippen molar-refractivity contribution in [2.75, 3.05) is 5.32 Å². The van der Waals surface area contributed by atoms with Crippen LogP contribution in [0.2, 0.25) is 5.02 Å². The minimum absolute atomic E-state index is 0.257. The lowest BCUT2D eigenvalue weighted by atomic mass is 10.1. The normalized spacial score (nSPS) is 12.1. The van der Waals surface area contributed by atoms with E-state index >= 15 is 0 Å². The lowest BCUT2D eigenvalue weighted by molar-refractivity contribution is -0.139. The number of halogens is 1. The minimum Gasteiger partial charge on any atom is -0.480 e. The first-order valence-corrected chi connectivity index (χ1v) is 12.4. The molecule has 0 aliphatic heterocycles. The maximum atomic E-state index is 12.8. The number of amides is 1. The van der Waals surface area contributed by atoms with Gasteiger partial charge in [-0.1, -0.05) is 36.3 Å². The van der Waals surface area contributed by atoms with Crippen LogP contribution in [-0.2, 0) is 4.79 Å². The molecule has 0 unspecified atom stereocenters. The Morgan fingerprint density at radius 2 is 1.94 bits per heavy atom. The van der Waals surface area contributed by atoms with E-state index in [1.807, 2.05) is 49.4 Å². The molecule has 182 valence electrons. The van der Waals surface area contributed by atoms with Crippen molar-refractivity contribution in [3.05, 3.63) is 71.4 Å². The quantitative estimate of drug-likeness (QED) is 0.251. The smallest absolute Gasteiger partial charge is 0.326 e. The number of thiazole rings is 1. The van der Waals surface area contributed by atoms with Gasteiger partial charge in [-0.25, -0.2) is 9.78 Å². The highest BCUT2D eigenvalue weighted by Gasteiger charge is 2.22. The molecular weight excluding hydrogens is 500 g/mol. The van der Waals surface area contributed by atoms with Gasteiger partial charge >= 0.3 is 5.97 Å². The number of nitrogens with zero attached hydrogens (tertiary/aromatic N) is 4. The van der Waals surface area contributed by atoms with Crippen molar-refractivity contribution in [2.24, 2.45) is 0 Å². The Hall–Kier alpha value is -4.02. The molecule has 0 saturated heterocycles. The van der Waals surface area contributed by atoms with E-state index in [4.69, 9.17) is 11.6 Å². The number of rotatable bonds is 8. The summed E-state index contributed by atoms with van der Waals surface area (Å²) in [5.41, 5.74) is 3.14. The average molecular weight is 521 g/mol. The molecule has 0 fully saturated rings. The van der Waals surface area contributed by atoms with Crippen LogP contribution < -0.4 is 10.6 Å². The number of aliphatic carboxylic acids is 1. The zero-order chi connectivity index (χ0) is 25.2. The molecule has 0 radical (unpaired) electrons. The summed E-state index contributed by atoms with van der Waals surface area (Å²) in [4.78, 5) is 28.8. The first-order valence-electron chi connectivity index (χ1n) is 11.2. The molecule has 0 aliphatic rings. The number of carbonyl (C=O) groups excluding carboxylic acids is 1. The Bertz CT molecular complexity index is 1580. The van der Waals surface area contributed by atoms with Crippen molar-refractivity contribution in [3.8, 4) is 11.4 Å². The lowest BCUT2D eigenvalue weighted by Gasteiger charge is -2.13. The van der Waals surface area contributed by atoms with Crippen molar-refractivity contribution < 1.29 is 14.7 Å². The van der Waals surface area contributed by atoms with E-state index in [1.165, 1.54) is 11.3 Å². The summed E-state index contributed by atoms with van der Waals surface area (Å²) in [6, 6.07) is 15.6. The van der Waals surface area contributed by atoms with Gasteiger partial charge in [-0.3, -0.25) is 9.20 Å². The molecule has 3 aromatic heterocycles. The Labute approximate surface area is 214 Å². The molecular formula is C25H21ClN6O3S. The first kappa shape index (κ1) is 23.7. The van der Waals surface area contributed by atoms with Crippen LogP contribution in [0.25, 0.3) is 27.3 Å². The van der Waals surface area contributed by atoms with Gasteiger partial charge < -0.3 is 15.7 Å². The second-order valence-electron chi connectivity index (χ2n) is 8.13. The highest BCUT2D eigenvalue weighted by atomic mass is 35.5. The number of carboxylic acids is 1. The number of benzene rings is 2. The summed E-state index contributed by atoms with van der Waals surface area (Å²) in [5.74, 6) is -1.01. The van der Waals surface area contributed by atoms with E-state index in [2.05, 4.69) is 25.8 Å². The van der Waals surface area contributed by atoms with Gasteiger partial charge in [0.15, 0.2) is 16.6 Å². The molecule has 1 amide bonds. The van der Waals surface area contributed by atoms with Crippen LogP contribution in [0.15, 0.2) is 60.8 Å². The third kappa shape index (κ3) is 4.73. The first-order chi connectivity index (χ1) is 17.4. The van der Waals surface area contributed by atoms with Crippen LogP contribution >= 0.6 is 22.9 Å². The van der Waals surface area contributed by atoms with Crippen molar-refractivity contribution in [3.63, 3.8) is 0 Å². The summed E-state index contributed by atoms with van der Waals surface area (Å²) in [7, 11) is 0. The van der Waals surface area contributed by atoms with E-state index in [1.54, 1.807) is 22.7 Å². The number of hydrogen-bond donors (Lipinski definition) is 3. The summed E-state index contributed by atoms with van der Waals surface area (Å²) in [6.45, 7) is 1.86. The Kier molecular flexibility index (Phi) is 6.53. The van der Waals surface area contributed by atoms with Crippen molar-refractivity contribution in [1.29, 1.82) is 0 Å². The fourth-order valence-electron chi connectivity index (χ4n) is 3.85. The predicted molar refractivity (Wildman–Crippen MR) is 140 cm³/mol. The third-order valence-electron chi connectivity index (χ3n) is 5.60. The molecule has 5 rings (SSSR count). The summed E-state index contributed by atoms with van der Waals surface area (Å²) >= 11 is 7.59. The SMILES string of the molecule is CCC[C@H](NC(=O)c1cccn2c(-c3ccc(Nc4nc5ccc(Cl)cc5s4)cc3)nnc12)C(=O)O. The van der Waals surface area contributed by atoms with E-state index in [9.17, 15) is 14.7 Å². The number of nitrogens with one attached hydrogen (secondary N) is 2. The van der Waals surface area contributed by atoms with Gasteiger partial charge in [0.25, 0.3) is 5.91 Å². The molecule has 0 saturated carbocycles. The molecule has 36 heavy (non-hydrogen) atoms. The van der Waals surface area contributed by atoms with Crippen LogP contribution in [0, 0.1) is 0 Å². The van der Waals surface area contributed by atoms with Gasteiger partial charge in [-0.2, -0.15) is 0 Å². The topological polar surface area (TPSA) is 122 Å². The number of carbonyl (C=O) groups is 2. The molecule has 3 heterocycles. The summed E-state index contributed by atoms with van der Waals surface area (Å²) in [5, 5.41) is 25.2. The molecule has 1 atom stereocenters. The Balaban J connectivity index is 1.38. The van der Waals surface area contributed by atoms with E-state index < -0.39 is 17.9 Å². The van der Waals surface area contributed by atoms with Gasteiger partial charge in [0.2, 0.25) is 0 Å². The molecule has 3 N–H and O–H groups in total. The number of anilines is 2. The second-order valence-corrected chi connectivity index (χ2v) is 9.59. The lowest BCUT2D eigenvalue weighted by Crippen LogP contribution is -2.40. The van der Waals surface area contributed by atoms with E-state index in [-0.39, 0.29) is 5.56 Å². The predicted octanol–water partition coefficient (Wildman–Crippen LogP) is 5.39. The van der Waals surface area contributed by atoms with E-state index in [0.717, 1.165) is 26.6 Å². The average Bonchev–Trinajstić information content (AvgIpc) is 3.47. The van der Waals surface area contributed by atoms with Crippen LogP contribution in [0.5, 0.6) is 0 Å². The maximum absolute atomic E-state index is 12.8. The number of aromatic nitrogens is 4. The standard InChI is InChI=1S/C25H21ClN6O3S/c1-2-4-19(24(34)35)28-23(33)17-5-3-12-32-21(30-31-22(17)32)14-6-9-16(10-7-14)27-25-29-18-11-8-15(26)13-20(18)36-25/h3,5-13,19H,2,4H2,1H3,(H,27,29)(H,28,33)(H,34,35)/t19-/m0/s1. The van der Waals surface area contributed by atoms with Gasteiger partial charge in [0.05, 0.1) is 15.8 Å². The number of pyridine rings is 1. The zero-order valence-electron chi connectivity index (χ0n) is 19.1. The number of hydrogen-bond acceptors (Lipinski definition) is 7. The molecule has 9 nitrogen and oxygen atoms in total. The largest absolute Gasteiger partial charge is 0.480 e. The maximum Gasteiger partial charge on any atom is 0.326 e. The molecule has 0 bridgehead atoms. The fraction of sp³-hybridized carbons (Fsp3) is 0.160. The second kappa shape index (κ2) is 9.92. The molecule has 5 aromatic rings. The monoisotopic (exact) mass is 520 g/mol. The van der Waals surface area contributed by atoms with Crippen molar-refractivity contribution >= 4 is 61.5 Å². The van der Waals surface area contributed by atoms with Crippen molar-refractivity contribution in [1.82, 2.24) is 24.9 Å². The van der Waals surface area contributed by atoms with Crippen LogP contribution in [0.1, 0.15) is 30.1 Å². The van der Waals surface area contributed by atoms with E-state index in [0.29, 0.717) is 29.3 Å². The molecule has 0 aliphatic carbocycles. The van der Waals surface area contributed by atoms with Gasteiger partial charge in [0, 0.05) is 22.5 Å².